The van der Waals surface area contributed by atoms with E-state index < -0.39 is 5.97 Å². The number of carbonyl (C=O) groups excluding carboxylic acids is 1. The van der Waals surface area contributed by atoms with Gasteiger partial charge in [0.25, 0.3) is 0 Å². The van der Waals surface area contributed by atoms with Crippen molar-refractivity contribution in [3.63, 3.8) is 0 Å². The van der Waals surface area contributed by atoms with Crippen LogP contribution in [-0.2, 0) is 32.1 Å². The van der Waals surface area contributed by atoms with Crippen LogP contribution in [0.5, 0.6) is 0 Å². The van der Waals surface area contributed by atoms with Crippen molar-refractivity contribution < 1.29 is 19.1 Å². The molecule has 1 aliphatic rings. The number of carbonyl (C=O) groups is 1. The molecular formula is C23H23NO4. The molecule has 5 nitrogen and oxygen atoms in total. The molecule has 5 heteroatoms. The highest BCUT2D eigenvalue weighted by molar-refractivity contribution is 6.16. The highest BCUT2D eigenvalue weighted by Crippen LogP contribution is 2.26. The molecule has 0 heterocycles. The Morgan fingerprint density at radius 2 is 1.86 bits per heavy atom. The van der Waals surface area contributed by atoms with Crippen LogP contribution < -0.4 is 0 Å². The molecule has 0 saturated carbocycles. The third kappa shape index (κ3) is 4.31. The van der Waals surface area contributed by atoms with Crippen molar-refractivity contribution in [3.8, 4) is 0 Å². The third-order valence-electron chi connectivity index (χ3n) is 4.60. The number of nitrogens with zero attached hydrogens (tertiary/aromatic N) is 1. The van der Waals surface area contributed by atoms with E-state index in [0.29, 0.717) is 11.1 Å². The lowest BCUT2D eigenvalue weighted by atomic mass is 10.0. The second kappa shape index (κ2) is 9.04. The first kappa shape index (κ1) is 19.4. The van der Waals surface area contributed by atoms with Crippen LogP contribution in [0.25, 0.3) is 11.6 Å². The maximum absolute atomic E-state index is 12.1. The monoisotopic (exact) mass is 377 g/mol. The minimum absolute atomic E-state index is 0.228. The molecule has 0 fully saturated rings. The van der Waals surface area contributed by atoms with Crippen LogP contribution in [-0.4, -0.2) is 25.9 Å². The number of esters is 1. The van der Waals surface area contributed by atoms with Crippen molar-refractivity contribution in [2.24, 2.45) is 5.16 Å². The van der Waals surface area contributed by atoms with Gasteiger partial charge in [-0.1, -0.05) is 53.7 Å². The number of ether oxygens (including phenoxy) is 2. The number of hydrogen-bond donors (Lipinski definition) is 0. The summed E-state index contributed by atoms with van der Waals surface area (Å²) in [5.41, 5.74) is 6.35. The molecule has 28 heavy (non-hydrogen) atoms. The lowest BCUT2D eigenvalue weighted by molar-refractivity contribution is -0.133. The van der Waals surface area contributed by atoms with E-state index in [2.05, 4.69) is 23.4 Å². The van der Waals surface area contributed by atoms with Gasteiger partial charge in [0.05, 0.1) is 26.2 Å². The van der Waals surface area contributed by atoms with Crippen molar-refractivity contribution in [1.29, 1.82) is 0 Å². The van der Waals surface area contributed by atoms with E-state index in [1.807, 2.05) is 43.3 Å². The standard InChI is InChI=1S/C23H23NO4/c1-16(20-12-17-8-4-5-9-18(17)13-20)24-28-14-19-10-6-7-11-21(19)22(15-26-2)23(25)27-3/h4-12,15H,13-14H2,1-3H3/b22-15+,24-16+. The highest BCUT2D eigenvalue weighted by atomic mass is 16.6. The van der Waals surface area contributed by atoms with E-state index in [4.69, 9.17) is 14.3 Å². The average Bonchev–Trinajstić information content (AvgIpc) is 3.16. The topological polar surface area (TPSA) is 57.1 Å². The molecule has 0 radical (unpaired) electrons. The SMILES string of the molecule is CO/C=C(/C(=O)OC)c1ccccc1CO/N=C(\C)C1=Cc2ccccc2C1. The Bertz CT molecular complexity index is 957. The lowest BCUT2D eigenvalue weighted by Gasteiger charge is -2.11. The van der Waals surface area contributed by atoms with Gasteiger partial charge in [0.15, 0.2) is 0 Å². The second-order valence-corrected chi connectivity index (χ2v) is 6.41. The number of hydrogen-bond acceptors (Lipinski definition) is 5. The number of allylic oxidation sites excluding steroid dienone is 1. The largest absolute Gasteiger partial charge is 0.503 e. The van der Waals surface area contributed by atoms with Crippen LogP contribution in [0.4, 0.5) is 0 Å². The molecular weight excluding hydrogens is 354 g/mol. The van der Waals surface area contributed by atoms with Crippen LogP contribution in [0.3, 0.4) is 0 Å². The first-order chi connectivity index (χ1) is 13.6. The molecule has 0 atom stereocenters. The molecule has 144 valence electrons. The van der Waals surface area contributed by atoms with Crippen molar-refractivity contribution in [2.45, 2.75) is 20.0 Å². The third-order valence-corrected chi connectivity index (χ3v) is 4.60. The van der Waals surface area contributed by atoms with Gasteiger partial charge in [-0.3, -0.25) is 0 Å². The Hall–Kier alpha value is -3.34. The predicted octanol–water partition coefficient (Wildman–Crippen LogP) is 4.38. The first-order valence-electron chi connectivity index (χ1n) is 8.99. The fourth-order valence-corrected chi connectivity index (χ4v) is 3.13. The van der Waals surface area contributed by atoms with Crippen molar-refractivity contribution in [1.82, 2.24) is 0 Å². The maximum atomic E-state index is 12.1. The summed E-state index contributed by atoms with van der Waals surface area (Å²) < 4.78 is 9.89. The van der Waals surface area contributed by atoms with E-state index in [0.717, 1.165) is 23.3 Å². The Morgan fingerprint density at radius 1 is 1.11 bits per heavy atom. The number of methoxy groups -OCH3 is 2. The predicted molar refractivity (Wildman–Crippen MR) is 109 cm³/mol. The van der Waals surface area contributed by atoms with Gasteiger partial charge in [-0.2, -0.15) is 0 Å². The molecule has 2 aromatic rings. The van der Waals surface area contributed by atoms with Crippen molar-refractivity contribution >= 4 is 23.3 Å². The Kier molecular flexibility index (Phi) is 6.27. The summed E-state index contributed by atoms with van der Waals surface area (Å²) in [7, 11) is 2.83. The number of oxime groups is 1. The Balaban J connectivity index is 1.73. The zero-order valence-corrected chi connectivity index (χ0v) is 16.3. The average molecular weight is 377 g/mol. The Labute approximate surface area is 164 Å². The molecule has 0 bridgehead atoms. The van der Waals surface area contributed by atoms with E-state index in [1.165, 1.54) is 31.6 Å². The van der Waals surface area contributed by atoms with Gasteiger partial charge >= 0.3 is 5.97 Å². The van der Waals surface area contributed by atoms with Gasteiger partial charge in [-0.05, 0) is 41.7 Å². The van der Waals surface area contributed by atoms with E-state index in [-0.39, 0.29) is 6.61 Å². The summed E-state index contributed by atoms with van der Waals surface area (Å²) >= 11 is 0. The molecule has 0 unspecified atom stereocenters. The molecule has 3 rings (SSSR count). The number of rotatable bonds is 7. The molecule has 0 spiro atoms. The molecule has 0 amide bonds. The summed E-state index contributed by atoms with van der Waals surface area (Å²) in [6.45, 7) is 2.17. The smallest absolute Gasteiger partial charge is 0.341 e. The quantitative estimate of drug-likeness (QED) is 0.236. The molecule has 0 aliphatic heterocycles. The van der Waals surface area contributed by atoms with E-state index in [1.54, 1.807) is 0 Å². The molecule has 0 N–H and O–H groups in total. The molecule has 0 saturated heterocycles. The van der Waals surface area contributed by atoms with Crippen molar-refractivity contribution in [2.75, 3.05) is 14.2 Å². The van der Waals surface area contributed by atoms with Gasteiger partial charge in [0.1, 0.15) is 12.2 Å². The van der Waals surface area contributed by atoms with Gasteiger partial charge < -0.3 is 14.3 Å². The van der Waals surface area contributed by atoms with E-state index >= 15 is 0 Å². The summed E-state index contributed by atoms with van der Waals surface area (Å²) in [5.74, 6) is -0.470. The van der Waals surface area contributed by atoms with Crippen LogP contribution >= 0.6 is 0 Å². The van der Waals surface area contributed by atoms with E-state index in [9.17, 15) is 4.79 Å². The van der Waals surface area contributed by atoms with Crippen LogP contribution in [0.15, 0.2) is 65.5 Å². The van der Waals surface area contributed by atoms with Crippen molar-refractivity contribution in [3.05, 3.63) is 82.6 Å². The minimum Gasteiger partial charge on any atom is -0.503 e. The van der Waals surface area contributed by atoms with Gasteiger partial charge in [0.2, 0.25) is 0 Å². The van der Waals surface area contributed by atoms with Crippen LogP contribution in [0, 0.1) is 0 Å². The number of benzene rings is 2. The summed E-state index contributed by atoms with van der Waals surface area (Å²) in [5, 5.41) is 4.28. The maximum Gasteiger partial charge on any atom is 0.341 e. The summed E-state index contributed by atoms with van der Waals surface area (Å²) in [6, 6.07) is 15.7. The van der Waals surface area contributed by atoms with Crippen LogP contribution in [0.1, 0.15) is 29.2 Å². The normalized spacial score (nSPS) is 13.6. The number of fused-ring (bicyclic) bond motifs is 1. The zero-order valence-electron chi connectivity index (χ0n) is 16.3. The molecule has 2 aromatic carbocycles. The summed E-state index contributed by atoms with van der Waals surface area (Å²) in [6.07, 6.45) is 4.37. The minimum atomic E-state index is -0.470. The van der Waals surface area contributed by atoms with Gasteiger partial charge in [0, 0.05) is 5.56 Å². The van der Waals surface area contributed by atoms with Gasteiger partial charge in [-0.25, -0.2) is 4.79 Å². The summed E-state index contributed by atoms with van der Waals surface area (Å²) in [4.78, 5) is 17.7. The van der Waals surface area contributed by atoms with Crippen LogP contribution in [0.2, 0.25) is 0 Å². The fourth-order valence-electron chi connectivity index (χ4n) is 3.13. The zero-order chi connectivity index (χ0) is 19.9. The lowest BCUT2D eigenvalue weighted by Crippen LogP contribution is -2.07. The fraction of sp³-hybridized carbons (Fsp3) is 0.217. The first-order valence-corrected chi connectivity index (χ1v) is 8.99. The van der Waals surface area contributed by atoms with Gasteiger partial charge in [-0.15, -0.1) is 0 Å². The second-order valence-electron chi connectivity index (χ2n) is 6.41. The Morgan fingerprint density at radius 3 is 2.61 bits per heavy atom. The molecule has 0 aromatic heterocycles. The molecule has 1 aliphatic carbocycles. The highest BCUT2D eigenvalue weighted by Gasteiger charge is 2.17.